The predicted molar refractivity (Wildman–Crippen MR) is 71.1 cm³/mol. The van der Waals surface area contributed by atoms with Gasteiger partial charge < -0.3 is 11.1 Å². The van der Waals surface area contributed by atoms with Crippen molar-refractivity contribution in [1.82, 2.24) is 4.90 Å². The Morgan fingerprint density at radius 3 is 2.53 bits per heavy atom. The van der Waals surface area contributed by atoms with Crippen molar-refractivity contribution >= 4 is 17.5 Å². The van der Waals surface area contributed by atoms with Gasteiger partial charge in [0.15, 0.2) is 0 Å². The number of likely N-dealkylation sites (N-methyl/N-ethyl adjacent to an activating group) is 1. The first-order valence-electron chi connectivity index (χ1n) is 5.78. The van der Waals surface area contributed by atoms with Crippen molar-refractivity contribution in [3.63, 3.8) is 0 Å². The summed E-state index contributed by atoms with van der Waals surface area (Å²) in [5.41, 5.74) is 6.22. The Labute approximate surface area is 111 Å². The monoisotopic (exact) mass is 260 g/mol. The summed E-state index contributed by atoms with van der Waals surface area (Å²) in [6, 6.07) is 8.61. The van der Waals surface area contributed by atoms with Crippen molar-refractivity contribution in [3.8, 4) is 6.07 Å². The molecule has 0 radical (unpaired) electrons. The Morgan fingerprint density at radius 1 is 1.37 bits per heavy atom. The van der Waals surface area contributed by atoms with E-state index in [4.69, 9.17) is 11.0 Å². The van der Waals surface area contributed by atoms with Gasteiger partial charge in [0.05, 0.1) is 18.2 Å². The van der Waals surface area contributed by atoms with Crippen molar-refractivity contribution in [1.29, 1.82) is 5.26 Å². The summed E-state index contributed by atoms with van der Waals surface area (Å²) >= 11 is 0. The van der Waals surface area contributed by atoms with E-state index in [9.17, 15) is 9.59 Å². The first kappa shape index (κ1) is 14.7. The highest BCUT2D eigenvalue weighted by Gasteiger charge is 2.07. The van der Waals surface area contributed by atoms with Gasteiger partial charge in [-0.15, -0.1) is 0 Å². The number of amides is 2. The van der Waals surface area contributed by atoms with Crippen LogP contribution in [0.2, 0.25) is 0 Å². The number of benzene rings is 1. The van der Waals surface area contributed by atoms with Crippen molar-refractivity contribution in [3.05, 3.63) is 29.8 Å². The standard InChI is InChI=1S/C13H16N4O2/c1-17(9-12(15)18)7-6-13(19)16-11-4-2-10(8-14)3-5-11/h2-5H,6-7,9H2,1H3,(H2,15,18)(H,16,19). The second-order valence-corrected chi connectivity index (χ2v) is 4.19. The van der Waals surface area contributed by atoms with Crippen molar-refractivity contribution in [2.45, 2.75) is 6.42 Å². The summed E-state index contributed by atoms with van der Waals surface area (Å²) in [5, 5.41) is 11.4. The van der Waals surface area contributed by atoms with Crippen LogP contribution in [0.4, 0.5) is 5.69 Å². The first-order chi connectivity index (χ1) is 9.01. The summed E-state index contributed by atoms with van der Waals surface area (Å²) in [6.45, 7) is 0.579. The van der Waals surface area contributed by atoms with E-state index in [1.54, 1.807) is 36.2 Å². The van der Waals surface area contributed by atoms with Crippen molar-refractivity contribution in [2.75, 3.05) is 25.5 Å². The molecule has 6 nitrogen and oxygen atoms in total. The van der Waals surface area contributed by atoms with Crippen molar-refractivity contribution < 1.29 is 9.59 Å². The minimum atomic E-state index is -0.421. The van der Waals surface area contributed by atoms with Gasteiger partial charge in [-0.3, -0.25) is 14.5 Å². The summed E-state index contributed by atoms with van der Waals surface area (Å²) in [6.07, 6.45) is 0.268. The van der Waals surface area contributed by atoms with Crippen LogP contribution in [0.15, 0.2) is 24.3 Å². The minimum absolute atomic E-state index is 0.129. The number of primary amides is 1. The summed E-state index contributed by atoms with van der Waals surface area (Å²) < 4.78 is 0. The lowest BCUT2D eigenvalue weighted by Crippen LogP contribution is -2.32. The highest BCUT2D eigenvalue weighted by Crippen LogP contribution is 2.09. The molecular formula is C13H16N4O2. The summed E-state index contributed by atoms with van der Waals surface area (Å²) in [7, 11) is 1.72. The maximum absolute atomic E-state index is 11.6. The number of carbonyl (C=O) groups excluding carboxylic acids is 2. The molecule has 0 saturated carbocycles. The van der Waals surface area contributed by atoms with Gasteiger partial charge in [0, 0.05) is 18.7 Å². The number of nitrogens with zero attached hydrogens (tertiary/aromatic N) is 2. The van der Waals surface area contributed by atoms with Gasteiger partial charge in [0.25, 0.3) is 0 Å². The molecule has 0 saturated heterocycles. The Kier molecular flexibility index (Phi) is 5.51. The molecule has 0 aliphatic carbocycles. The molecule has 0 aromatic heterocycles. The molecule has 1 aromatic rings. The molecule has 0 unspecified atom stereocenters. The molecule has 0 bridgehead atoms. The van der Waals surface area contributed by atoms with Gasteiger partial charge in [-0.1, -0.05) is 0 Å². The van der Waals surface area contributed by atoms with Crippen LogP contribution < -0.4 is 11.1 Å². The lowest BCUT2D eigenvalue weighted by molar-refractivity contribution is -0.120. The van der Waals surface area contributed by atoms with Crippen LogP contribution in [0.3, 0.4) is 0 Å². The number of carbonyl (C=O) groups is 2. The smallest absolute Gasteiger partial charge is 0.231 e. The van der Waals surface area contributed by atoms with Crippen LogP contribution in [0, 0.1) is 11.3 Å². The van der Waals surface area contributed by atoms with E-state index in [-0.39, 0.29) is 18.9 Å². The first-order valence-corrected chi connectivity index (χ1v) is 5.78. The predicted octanol–water partition coefficient (Wildman–Crippen LogP) is 0.304. The van der Waals surface area contributed by atoms with E-state index in [0.29, 0.717) is 17.8 Å². The zero-order valence-electron chi connectivity index (χ0n) is 10.7. The van der Waals surface area contributed by atoms with Gasteiger partial charge in [-0.25, -0.2) is 0 Å². The number of hydrogen-bond donors (Lipinski definition) is 2. The Balaban J connectivity index is 2.38. The maximum Gasteiger partial charge on any atom is 0.231 e. The molecule has 0 spiro atoms. The summed E-state index contributed by atoms with van der Waals surface area (Å²) in [5.74, 6) is -0.573. The van der Waals surface area contributed by atoms with Crippen molar-refractivity contribution in [2.24, 2.45) is 5.73 Å². The number of hydrogen-bond acceptors (Lipinski definition) is 4. The molecular weight excluding hydrogens is 244 g/mol. The van der Waals surface area contributed by atoms with Crippen LogP contribution in [-0.4, -0.2) is 36.9 Å². The zero-order valence-corrected chi connectivity index (χ0v) is 10.7. The minimum Gasteiger partial charge on any atom is -0.369 e. The third-order valence-electron chi connectivity index (χ3n) is 2.44. The molecule has 0 aliphatic heterocycles. The molecule has 0 aliphatic rings. The van der Waals surface area contributed by atoms with Crippen LogP contribution in [-0.2, 0) is 9.59 Å². The van der Waals surface area contributed by atoms with Crippen LogP contribution >= 0.6 is 0 Å². The Morgan fingerprint density at radius 2 is 2.00 bits per heavy atom. The van der Waals surface area contributed by atoms with Gasteiger partial charge in [0.1, 0.15) is 0 Å². The molecule has 1 aromatic carbocycles. The molecule has 0 fully saturated rings. The number of nitriles is 1. The number of nitrogens with one attached hydrogen (secondary N) is 1. The average molecular weight is 260 g/mol. The molecule has 2 amide bonds. The maximum atomic E-state index is 11.6. The van der Waals surface area contributed by atoms with Gasteiger partial charge in [-0.2, -0.15) is 5.26 Å². The lowest BCUT2D eigenvalue weighted by Gasteiger charge is -2.13. The third kappa shape index (κ3) is 5.66. The molecule has 0 heterocycles. The van der Waals surface area contributed by atoms with Crippen LogP contribution in [0.1, 0.15) is 12.0 Å². The molecule has 6 heteroatoms. The van der Waals surface area contributed by atoms with Gasteiger partial charge in [-0.05, 0) is 31.3 Å². The van der Waals surface area contributed by atoms with Gasteiger partial charge in [0.2, 0.25) is 11.8 Å². The number of nitrogens with two attached hydrogens (primary N) is 1. The lowest BCUT2D eigenvalue weighted by atomic mass is 10.2. The molecule has 100 valence electrons. The topological polar surface area (TPSA) is 99.2 Å². The van der Waals surface area contributed by atoms with Crippen LogP contribution in [0.5, 0.6) is 0 Å². The Hall–Kier alpha value is -2.39. The largest absolute Gasteiger partial charge is 0.369 e. The fourth-order valence-corrected chi connectivity index (χ4v) is 1.49. The normalized spacial score (nSPS) is 9.95. The fraction of sp³-hybridized carbons (Fsp3) is 0.308. The molecule has 19 heavy (non-hydrogen) atoms. The quantitative estimate of drug-likeness (QED) is 0.768. The Bertz CT molecular complexity index is 490. The number of rotatable bonds is 6. The van der Waals surface area contributed by atoms with Gasteiger partial charge >= 0.3 is 0 Å². The fourth-order valence-electron chi connectivity index (χ4n) is 1.49. The SMILES string of the molecule is CN(CCC(=O)Nc1ccc(C#N)cc1)CC(N)=O. The van der Waals surface area contributed by atoms with E-state index in [1.165, 1.54) is 0 Å². The molecule has 3 N–H and O–H groups in total. The van der Waals surface area contributed by atoms with E-state index in [1.807, 2.05) is 6.07 Å². The van der Waals surface area contributed by atoms with E-state index in [0.717, 1.165) is 0 Å². The average Bonchev–Trinajstić information content (AvgIpc) is 2.36. The third-order valence-corrected chi connectivity index (χ3v) is 2.44. The summed E-state index contributed by atoms with van der Waals surface area (Å²) in [4.78, 5) is 24.0. The van der Waals surface area contributed by atoms with E-state index < -0.39 is 5.91 Å². The van der Waals surface area contributed by atoms with E-state index in [2.05, 4.69) is 5.32 Å². The highest BCUT2D eigenvalue weighted by molar-refractivity contribution is 5.90. The van der Waals surface area contributed by atoms with E-state index >= 15 is 0 Å². The number of anilines is 1. The highest BCUT2D eigenvalue weighted by atomic mass is 16.2. The van der Waals surface area contributed by atoms with Crippen LogP contribution in [0.25, 0.3) is 0 Å². The molecule has 0 atom stereocenters. The molecule has 1 rings (SSSR count). The zero-order chi connectivity index (χ0) is 14.3. The second-order valence-electron chi connectivity index (χ2n) is 4.19. The second kappa shape index (κ2) is 7.13.